The zero-order valence-electron chi connectivity index (χ0n) is 6.45. The van der Waals surface area contributed by atoms with Crippen molar-refractivity contribution >= 4 is 11.3 Å². The third-order valence-corrected chi connectivity index (χ3v) is 2.25. The number of aryl methyl sites for hydroxylation is 1. The predicted molar refractivity (Wildman–Crippen MR) is 46.4 cm³/mol. The molecule has 0 fully saturated rings. The van der Waals surface area contributed by atoms with Crippen LogP contribution in [0.2, 0.25) is 0 Å². The van der Waals surface area contributed by atoms with E-state index in [-0.39, 0.29) is 0 Å². The molecule has 0 spiro atoms. The van der Waals surface area contributed by atoms with E-state index < -0.39 is 0 Å². The van der Waals surface area contributed by atoms with E-state index in [1.54, 1.807) is 11.3 Å². The number of hydrogen-bond acceptors (Lipinski definition) is 3. The zero-order valence-corrected chi connectivity index (χ0v) is 7.27. The van der Waals surface area contributed by atoms with Crippen LogP contribution >= 0.6 is 11.3 Å². The Hall–Kier alpha value is -0.410. The molecule has 0 N–H and O–H groups in total. The van der Waals surface area contributed by atoms with Gasteiger partial charge in [0.25, 0.3) is 0 Å². The van der Waals surface area contributed by atoms with Crippen LogP contribution in [0.3, 0.4) is 0 Å². The van der Waals surface area contributed by atoms with Crippen molar-refractivity contribution < 1.29 is 4.74 Å². The minimum Gasteiger partial charge on any atom is -0.379 e. The molecule has 0 aliphatic carbocycles. The summed E-state index contributed by atoms with van der Waals surface area (Å²) in [7, 11) is 3.31. The molecule has 1 aromatic rings. The lowest BCUT2D eigenvalue weighted by molar-refractivity contribution is 0.235. The fraction of sp³-hybridized carbons (Fsp3) is 0.500. The molecule has 0 atom stereocenters. The summed E-state index contributed by atoms with van der Waals surface area (Å²) in [5.74, 6) is 0. The molecular formula is C8H12NOS. The minimum atomic E-state index is 0.755. The average Bonchev–Trinajstić information content (AvgIpc) is 2.50. The number of aromatic nitrogens is 1. The second kappa shape index (κ2) is 5.27. The first-order valence-electron chi connectivity index (χ1n) is 3.69. The van der Waals surface area contributed by atoms with Crippen molar-refractivity contribution in [3.05, 3.63) is 23.7 Å². The number of ether oxygens (including phenoxy) is 1. The maximum Gasteiger partial charge on any atom is 0.0924 e. The molecule has 1 aromatic heterocycles. The standard InChI is InChI=1S/C8H12NOS/c1-10-6-3-2-4-8-9-5-7-11-8/h5,7H,1-4,6H2. The van der Waals surface area contributed by atoms with Gasteiger partial charge in [0.1, 0.15) is 0 Å². The molecule has 2 nitrogen and oxygen atoms in total. The first-order valence-corrected chi connectivity index (χ1v) is 4.57. The summed E-state index contributed by atoms with van der Waals surface area (Å²) in [6, 6.07) is 0. The van der Waals surface area contributed by atoms with Gasteiger partial charge in [-0.1, -0.05) is 0 Å². The van der Waals surface area contributed by atoms with Gasteiger partial charge in [0.05, 0.1) is 12.1 Å². The van der Waals surface area contributed by atoms with Gasteiger partial charge >= 0.3 is 0 Å². The second-order valence-electron chi connectivity index (χ2n) is 2.29. The number of nitrogens with zero attached hydrogens (tertiary/aromatic N) is 1. The Bertz CT molecular complexity index is 174. The van der Waals surface area contributed by atoms with Crippen LogP contribution in [0.5, 0.6) is 0 Å². The van der Waals surface area contributed by atoms with Crippen molar-refractivity contribution in [2.45, 2.75) is 19.3 Å². The summed E-state index contributed by atoms with van der Waals surface area (Å²) < 4.78 is 4.69. The van der Waals surface area contributed by atoms with E-state index in [9.17, 15) is 0 Å². The van der Waals surface area contributed by atoms with Crippen LogP contribution in [0, 0.1) is 7.11 Å². The SMILES string of the molecule is [CH2]OCCCCc1nccs1. The van der Waals surface area contributed by atoms with Gasteiger partial charge in [-0.3, -0.25) is 0 Å². The van der Waals surface area contributed by atoms with Gasteiger partial charge in [-0.05, 0) is 19.3 Å². The Labute approximate surface area is 71.2 Å². The van der Waals surface area contributed by atoms with E-state index in [4.69, 9.17) is 4.74 Å². The highest BCUT2D eigenvalue weighted by atomic mass is 32.1. The number of rotatable bonds is 5. The second-order valence-corrected chi connectivity index (χ2v) is 3.27. The topological polar surface area (TPSA) is 22.1 Å². The maximum absolute atomic E-state index is 4.69. The number of hydrogen-bond donors (Lipinski definition) is 0. The van der Waals surface area contributed by atoms with E-state index in [2.05, 4.69) is 12.1 Å². The fourth-order valence-electron chi connectivity index (χ4n) is 0.857. The molecule has 0 saturated carbocycles. The molecule has 0 aliphatic rings. The highest BCUT2D eigenvalue weighted by Crippen LogP contribution is 2.07. The summed E-state index contributed by atoms with van der Waals surface area (Å²) in [6.07, 6.45) is 5.13. The molecule has 0 unspecified atom stereocenters. The van der Waals surface area contributed by atoms with Gasteiger partial charge in [0, 0.05) is 18.2 Å². The largest absolute Gasteiger partial charge is 0.379 e. The van der Waals surface area contributed by atoms with E-state index in [1.807, 2.05) is 11.6 Å². The summed E-state index contributed by atoms with van der Waals surface area (Å²) in [6.45, 7) is 0.755. The Kier molecular flexibility index (Phi) is 4.16. The Morgan fingerprint density at radius 3 is 3.09 bits per heavy atom. The first kappa shape index (κ1) is 8.68. The quantitative estimate of drug-likeness (QED) is 0.632. The Morgan fingerprint density at radius 2 is 2.45 bits per heavy atom. The molecule has 0 aromatic carbocycles. The van der Waals surface area contributed by atoms with Crippen molar-refractivity contribution in [1.82, 2.24) is 4.98 Å². The smallest absolute Gasteiger partial charge is 0.0924 e. The van der Waals surface area contributed by atoms with Crippen LogP contribution < -0.4 is 0 Å². The molecule has 0 aliphatic heterocycles. The fourth-order valence-corrected chi connectivity index (χ4v) is 1.52. The van der Waals surface area contributed by atoms with Crippen molar-refractivity contribution in [3.8, 4) is 0 Å². The molecule has 1 rings (SSSR count). The third-order valence-electron chi connectivity index (χ3n) is 1.41. The van der Waals surface area contributed by atoms with Crippen LogP contribution in [0.15, 0.2) is 11.6 Å². The first-order chi connectivity index (χ1) is 5.43. The molecule has 0 amide bonds. The van der Waals surface area contributed by atoms with Crippen LogP contribution in [0.1, 0.15) is 17.8 Å². The molecular weight excluding hydrogens is 158 g/mol. The van der Waals surface area contributed by atoms with Gasteiger partial charge < -0.3 is 4.74 Å². The maximum atomic E-state index is 4.69. The van der Waals surface area contributed by atoms with Gasteiger partial charge in [-0.15, -0.1) is 11.3 Å². The van der Waals surface area contributed by atoms with Gasteiger partial charge in [0.15, 0.2) is 0 Å². The molecule has 61 valence electrons. The summed E-state index contributed by atoms with van der Waals surface area (Å²) in [4.78, 5) is 4.18. The lowest BCUT2D eigenvalue weighted by Gasteiger charge is -1.95. The van der Waals surface area contributed by atoms with E-state index in [0.717, 1.165) is 25.9 Å². The van der Waals surface area contributed by atoms with Crippen molar-refractivity contribution in [2.75, 3.05) is 6.61 Å². The molecule has 11 heavy (non-hydrogen) atoms. The van der Waals surface area contributed by atoms with Crippen molar-refractivity contribution in [1.29, 1.82) is 0 Å². The normalized spacial score (nSPS) is 10.3. The van der Waals surface area contributed by atoms with Crippen LogP contribution in [0.4, 0.5) is 0 Å². The molecule has 1 radical (unpaired) electrons. The van der Waals surface area contributed by atoms with E-state index in [0.29, 0.717) is 0 Å². The van der Waals surface area contributed by atoms with Gasteiger partial charge in [-0.25, -0.2) is 4.98 Å². The average molecular weight is 170 g/mol. The monoisotopic (exact) mass is 170 g/mol. The molecule has 1 heterocycles. The van der Waals surface area contributed by atoms with Crippen LogP contribution in [-0.4, -0.2) is 11.6 Å². The molecule has 0 saturated heterocycles. The van der Waals surface area contributed by atoms with Crippen molar-refractivity contribution in [2.24, 2.45) is 0 Å². The highest BCUT2D eigenvalue weighted by molar-refractivity contribution is 7.09. The van der Waals surface area contributed by atoms with E-state index >= 15 is 0 Å². The Balaban J connectivity index is 2.04. The predicted octanol–water partition coefficient (Wildman–Crippen LogP) is 2.27. The highest BCUT2D eigenvalue weighted by Gasteiger charge is 1.94. The van der Waals surface area contributed by atoms with Crippen LogP contribution in [0.25, 0.3) is 0 Å². The summed E-state index contributed by atoms with van der Waals surface area (Å²) in [5.41, 5.74) is 0. The lowest BCUT2D eigenvalue weighted by atomic mass is 10.2. The number of thiazole rings is 1. The zero-order chi connectivity index (χ0) is 7.94. The Morgan fingerprint density at radius 1 is 1.55 bits per heavy atom. The van der Waals surface area contributed by atoms with Gasteiger partial charge in [0.2, 0.25) is 0 Å². The number of unbranched alkanes of at least 4 members (excludes halogenated alkanes) is 1. The summed E-state index contributed by atoms with van der Waals surface area (Å²) in [5, 5.41) is 3.22. The summed E-state index contributed by atoms with van der Waals surface area (Å²) >= 11 is 1.71. The molecule has 0 bridgehead atoms. The van der Waals surface area contributed by atoms with Crippen molar-refractivity contribution in [3.63, 3.8) is 0 Å². The van der Waals surface area contributed by atoms with Crippen LogP contribution in [-0.2, 0) is 11.2 Å². The minimum absolute atomic E-state index is 0.755. The third kappa shape index (κ3) is 3.49. The lowest BCUT2D eigenvalue weighted by Crippen LogP contribution is -1.89. The molecule has 3 heteroatoms. The van der Waals surface area contributed by atoms with Gasteiger partial charge in [-0.2, -0.15) is 0 Å². The van der Waals surface area contributed by atoms with E-state index in [1.165, 1.54) is 5.01 Å².